The number of methoxy groups -OCH3 is 1. The lowest BCUT2D eigenvalue weighted by Gasteiger charge is -2.19. The summed E-state index contributed by atoms with van der Waals surface area (Å²) in [5.41, 5.74) is 6.46. The molecule has 1 amide bonds. The number of amides is 1. The number of nitrogens with two attached hydrogens (primary N) is 1. The minimum atomic E-state index is -0.516. The summed E-state index contributed by atoms with van der Waals surface area (Å²) in [6.45, 7) is 5.61. The molecule has 1 aromatic rings. The second-order valence-corrected chi connectivity index (χ2v) is 5.12. The van der Waals surface area contributed by atoms with Crippen molar-refractivity contribution in [1.29, 1.82) is 0 Å². The van der Waals surface area contributed by atoms with Gasteiger partial charge in [0.1, 0.15) is 11.4 Å². The van der Waals surface area contributed by atoms with Crippen LogP contribution < -0.4 is 15.8 Å². The van der Waals surface area contributed by atoms with Crippen molar-refractivity contribution in [1.82, 2.24) is 5.32 Å². The minimum Gasteiger partial charge on any atom is -0.495 e. The standard InChI is InChI=1S/C15H20N2O3/c1-15(2,3)20-14(18)17-9-5-6-11-7-8-12(16)10-13(11)19-4/h7-8,10H,9,16H2,1-4H3,(H,17,18). The molecule has 0 aliphatic rings. The van der Waals surface area contributed by atoms with Crippen LogP contribution in [0.4, 0.5) is 10.5 Å². The van der Waals surface area contributed by atoms with Gasteiger partial charge in [0, 0.05) is 11.8 Å². The van der Waals surface area contributed by atoms with Crippen LogP contribution in [0.5, 0.6) is 5.75 Å². The number of benzene rings is 1. The lowest BCUT2D eigenvalue weighted by Crippen LogP contribution is -2.32. The third kappa shape index (κ3) is 5.53. The van der Waals surface area contributed by atoms with Gasteiger partial charge in [0.05, 0.1) is 19.2 Å². The Bertz CT molecular complexity index is 536. The van der Waals surface area contributed by atoms with Crippen molar-refractivity contribution >= 4 is 11.8 Å². The number of anilines is 1. The van der Waals surface area contributed by atoms with Gasteiger partial charge in [-0.1, -0.05) is 11.8 Å². The Morgan fingerprint density at radius 1 is 1.40 bits per heavy atom. The number of ether oxygens (including phenoxy) is 2. The summed E-state index contributed by atoms with van der Waals surface area (Å²) in [7, 11) is 1.55. The topological polar surface area (TPSA) is 73.6 Å². The van der Waals surface area contributed by atoms with E-state index in [0.717, 1.165) is 0 Å². The number of alkyl carbamates (subject to hydrolysis) is 1. The van der Waals surface area contributed by atoms with Gasteiger partial charge in [0.25, 0.3) is 0 Å². The lowest BCUT2D eigenvalue weighted by atomic mass is 10.2. The molecule has 5 heteroatoms. The third-order valence-electron chi connectivity index (χ3n) is 2.17. The monoisotopic (exact) mass is 276 g/mol. The maximum Gasteiger partial charge on any atom is 0.408 e. The molecular formula is C15H20N2O3. The second-order valence-electron chi connectivity index (χ2n) is 5.12. The van der Waals surface area contributed by atoms with Crippen molar-refractivity contribution in [3.8, 4) is 17.6 Å². The van der Waals surface area contributed by atoms with Gasteiger partial charge in [0.15, 0.2) is 0 Å². The molecular weight excluding hydrogens is 256 g/mol. The first-order valence-corrected chi connectivity index (χ1v) is 6.21. The Morgan fingerprint density at radius 3 is 2.70 bits per heavy atom. The van der Waals surface area contributed by atoms with Crippen LogP contribution >= 0.6 is 0 Å². The molecule has 0 fully saturated rings. The summed E-state index contributed by atoms with van der Waals surface area (Å²) in [5, 5.41) is 2.56. The van der Waals surface area contributed by atoms with Gasteiger partial charge in [-0.25, -0.2) is 4.79 Å². The summed E-state index contributed by atoms with van der Waals surface area (Å²) < 4.78 is 10.3. The Hall–Kier alpha value is -2.35. The highest BCUT2D eigenvalue weighted by molar-refractivity contribution is 5.68. The number of carbonyl (C=O) groups excluding carboxylic acids is 1. The van der Waals surface area contributed by atoms with E-state index in [1.54, 1.807) is 46.1 Å². The van der Waals surface area contributed by atoms with Crippen molar-refractivity contribution in [3.05, 3.63) is 23.8 Å². The summed E-state index contributed by atoms with van der Waals surface area (Å²) in [4.78, 5) is 11.4. The summed E-state index contributed by atoms with van der Waals surface area (Å²) in [6.07, 6.45) is -0.490. The molecule has 0 bridgehead atoms. The molecule has 3 N–H and O–H groups in total. The van der Waals surface area contributed by atoms with E-state index in [-0.39, 0.29) is 6.54 Å². The second kappa shape index (κ2) is 6.71. The number of hydrogen-bond donors (Lipinski definition) is 2. The number of hydrogen-bond acceptors (Lipinski definition) is 4. The molecule has 0 aromatic heterocycles. The predicted molar refractivity (Wildman–Crippen MR) is 78.5 cm³/mol. The Kier molecular flexibility index (Phi) is 5.27. The molecule has 0 spiro atoms. The largest absolute Gasteiger partial charge is 0.495 e. The SMILES string of the molecule is COc1cc(N)ccc1C#CCNC(=O)OC(C)(C)C. The summed E-state index contributed by atoms with van der Waals surface area (Å²) in [6, 6.07) is 5.22. The van der Waals surface area contributed by atoms with Crippen LogP contribution in [0.15, 0.2) is 18.2 Å². The van der Waals surface area contributed by atoms with E-state index >= 15 is 0 Å². The molecule has 1 aromatic carbocycles. The zero-order valence-electron chi connectivity index (χ0n) is 12.2. The smallest absolute Gasteiger partial charge is 0.408 e. The van der Waals surface area contributed by atoms with Crippen molar-refractivity contribution in [3.63, 3.8) is 0 Å². The van der Waals surface area contributed by atoms with E-state index in [2.05, 4.69) is 17.2 Å². The third-order valence-corrected chi connectivity index (χ3v) is 2.17. The fourth-order valence-electron chi connectivity index (χ4n) is 1.38. The highest BCUT2D eigenvalue weighted by atomic mass is 16.6. The number of nitrogen functional groups attached to an aromatic ring is 1. The van der Waals surface area contributed by atoms with Gasteiger partial charge in [-0.05, 0) is 32.9 Å². The van der Waals surface area contributed by atoms with Crippen LogP contribution in [0.2, 0.25) is 0 Å². The van der Waals surface area contributed by atoms with E-state index in [1.165, 1.54) is 0 Å². The quantitative estimate of drug-likeness (QED) is 0.641. The van der Waals surface area contributed by atoms with E-state index in [1.807, 2.05) is 0 Å². The number of nitrogens with one attached hydrogen (secondary N) is 1. The van der Waals surface area contributed by atoms with Gasteiger partial charge in [0.2, 0.25) is 0 Å². The first-order valence-electron chi connectivity index (χ1n) is 6.21. The molecule has 108 valence electrons. The molecule has 0 saturated carbocycles. The van der Waals surface area contributed by atoms with Crippen molar-refractivity contribution in [2.24, 2.45) is 0 Å². The molecule has 0 radical (unpaired) electrons. The van der Waals surface area contributed by atoms with Crippen LogP contribution in [-0.4, -0.2) is 25.3 Å². The first kappa shape index (κ1) is 15.7. The van der Waals surface area contributed by atoms with E-state index < -0.39 is 11.7 Å². The highest BCUT2D eigenvalue weighted by Gasteiger charge is 2.14. The predicted octanol–water partition coefficient (Wildman–Crippen LogP) is 2.15. The van der Waals surface area contributed by atoms with Crippen LogP contribution in [0, 0.1) is 11.8 Å². The lowest BCUT2D eigenvalue weighted by molar-refractivity contribution is 0.0535. The average molecular weight is 276 g/mol. The number of rotatable bonds is 2. The van der Waals surface area contributed by atoms with Crippen LogP contribution in [0.25, 0.3) is 0 Å². The van der Waals surface area contributed by atoms with Crippen LogP contribution in [0.3, 0.4) is 0 Å². The van der Waals surface area contributed by atoms with E-state index in [4.69, 9.17) is 15.2 Å². The summed E-state index contributed by atoms with van der Waals surface area (Å²) >= 11 is 0. The van der Waals surface area contributed by atoms with Crippen LogP contribution in [0.1, 0.15) is 26.3 Å². The highest BCUT2D eigenvalue weighted by Crippen LogP contribution is 2.20. The van der Waals surface area contributed by atoms with Crippen molar-refractivity contribution < 1.29 is 14.3 Å². The van der Waals surface area contributed by atoms with Gasteiger partial charge >= 0.3 is 6.09 Å². The average Bonchev–Trinajstić information content (AvgIpc) is 2.33. The van der Waals surface area contributed by atoms with Crippen molar-refractivity contribution in [2.45, 2.75) is 26.4 Å². The Morgan fingerprint density at radius 2 is 2.10 bits per heavy atom. The summed E-state index contributed by atoms with van der Waals surface area (Å²) in [5.74, 6) is 6.34. The molecule has 0 atom stereocenters. The zero-order chi connectivity index (χ0) is 15.2. The molecule has 20 heavy (non-hydrogen) atoms. The molecule has 0 aliphatic heterocycles. The molecule has 0 heterocycles. The maximum atomic E-state index is 11.4. The fraction of sp³-hybridized carbons (Fsp3) is 0.400. The molecule has 0 unspecified atom stereocenters. The normalized spacial score (nSPS) is 10.2. The molecule has 0 saturated heterocycles. The molecule has 5 nitrogen and oxygen atoms in total. The first-order chi connectivity index (χ1) is 9.31. The van der Waals surface area contributed by atoms with Gasteiger partial charge in [-0.2, -0.15) is 0 Å². The van der Waals surface area contributed by atoms with Crippen LogP contribution in [-0.2, 0) is 4.74 Å². The minimum absolute atomic E-state index is 0.197. The zero-order valence-corrected chi connectivity index (χ0v) is 12.2. The maximum absolute atomic E-state index is 11.4. The van der Waals surface area contributed by atoms with Gasteiger partial charge in [-0.15, -0.1) is 0 Å². The fourth-order valence-corrected chi connectivity index (χ4v) is 1.38. The Balaban J connectivity index is 2.57. The van der Waals surface area contributed by atoms with E-state index in [9.17, 15) is 4.79 Å². The number of carbonyl (C=O) groups is 1. The van der Waals surface area contributed by atoms with Crippen molar-refractivity contribution in [2.75, 3.05) is 19.4 Å². The molecule has 0 aliphatic carbocycles. The Labute approximate surface area is 119 Å². The van der Waals surface area contributed by atoms with E-state index in [0.29, 0.717) is 17.0 Å². The van der Waals surface area contributed by atoms with Gasteiger partial charge < -0.3 is 20.5 Å². The van der Waals surface area contributed by atoms with Gasteiger partial charge in [-0.3, -0.25) is 0 Å². The molecule has 1 rings (SSSR count).